The van der Waals surface area contributed by atoms with Gasteiger partial charge in [0, 0.05) is 21.6 Å². The lowest BCUT2D eigenvalue weighted by Crippen LogP contribution is -2.13. The van der Waals surface area contributed by atoms with Crippen molar-refractivity contribution in [2.24, 2.45) is 5.73 Å². The molecule has 1 heterocycles. The van der Waals surface area contributed by atoms with Crippen molar-refractivity contribution in [3.63, 3.8) is 0 Å². The fraction of sp³-hybridized carbons (Fsp3) is 0.0833. The van der Waals surface area contributed by atoms with Crippen molar-refractivity contribution in [2.75, 3.05) is 5.32 Å². The van der Waals surface area contributed by atoms with Gasteiger partial charge in [-0.3, -0.25) is 4.79 Å². The molecule has 100 valence electrons. The summed E-state index contributed by atoms with van der Waals surface area (Å²) in [6.45, 7) is 0.528. The molecule has 0 fully saturated rings. The van der Waals surface area contributed by atoms with E-state index < -0.39 is 11.7 Å². The maximum absolute atomic E-state index is 13.3. The number of hydrogen-bond donors (Lipinski definition) is 2. The molecular weight excluding hydrogens is 355 g/mol. The van der Waals surface area contributed by atoms with E-state index in [2.05, 4.69) is 21.2 Å². The largest absolute Gasteiger partial charge is 0.380 e. The van der Waals surface area contributed by atoms with Crippen LogP contribution in [0.25, 0.3) is 0 Å². The number of anilines is 1. The molecule has 1 aromatic carbocycles. The minimum absolute atomic E-state index is 0.129. The zero-order valence-electron chi connectivity index (χ0n) is 9.54. The fourth-order valence-electron chi connectivity index (χ4n) is 1.49. The molecule has 1 aromatic heterocycles. The van der Waals surface area contributed by atoms with Gasteiger partial charge in [0.1, 0.15) is 10.2 Å². The smallest absolute Gasteiger partial charge is 0.251 e. The van der Waals surface area contributed by atoms with E-state index in [1.54, 1.807) is 6.07 Å². The monoisotopic (exact) mass is 362 g/mol. The average molecular weight is 364 g/mol. The van der Waals surface area contributed by atoms with Crippen LogP contribution in [0.2, 0.25) is 4.34 Å². The Morgan fingerprint density at radius 2 is 2.21 bits per heavy atom. The van der Waals surface area contributed by atoms with Gasteiger partial charge in [-0.05, 0) is 40.2 Å². The van der Waals surface area contributed by atoms with Crippen LogP contribution in [0.3, 0.4) is 0 Å². The summed E-state index contributed by atoms with van der Waals surface area (Å²) in [5.74, 6) is -1.41. The summed E-state index contributed by atoms with van der Waals surface area (Å²) in [6, 6.07) is 6.05. The van der Waals surface area contributed by atoms with E-state index in [-0.39, 0.29) is 5.56 Å². The van der Waals surface area contributed by atoms with E-state index in [0.717, 1.165) is 9.35 Å². The summed E-state index contributed by atoms with van der Waals surface area (Å²) in [5.41, 5.74) is 5.58. The van der Waals surface area contributed by atoms with Gasteiger partial charge in [-0.2, -0.15) is 0 Å². The van der Waals surface area contributed by atoms with E-state index in [4.69, 9.17) is 17.3 Å². The Labute approximate surface area is 126 Å². The quantitative estimate of drug-likeness (QED) is 0.862. The number of nitrogens with one attached hydrogen (secondary N) is 1. The lowest BCUT2D eigenvalue weighted by atomic mass is 10.2. The van der Waals surface area contributed by atoms with Crippen LogP contribution >= 0.6 is 38.9 Å². The second-order valence-corrected chi connectivity index (χ2v) is 6.34. The molecule has 0 spiro atoms. The molecule has 1 amide bonds. The Bertz CT molecular complexity index is 613. The Morgan fingerprint density at radius 1 is 1.47 bits per heavy atom. The highest BCUT2D eigenvalue weighted by atomic mass is 79.9. The predicted octanol–water partition coefficient (Wildman–Crippen LogP) is 4.01. The van der Waals surface area contributed by atoms with Gasteiger partial charge >= 0.3 is 0 Å². The standard InChI is InChI=1S/C12H9BrClFN2OS/c13-9-4-7(19-11(9)14)5-17-6-1-2-10(15)8(3-6)12(16)18/h1-4,17H,5H2,(H2,16,18). The van der Waals surface area contributed by atoms with E-state index in [0.29, 0.717) is 16.6 Å². The highest BCUT2D eigenvalue weighted by molar-refractivity contribution is 9.10. The number of nitrogens with two attached hydrogens (primary N) is 1. The van der Waals surface area contributed by atoms with E-state index in [9.17, 15) is 9.18 Å². The van der Waals surface area contributed by atoms with E-state index in [1.807, 2.05) is 6.07 Å². The third-order valence-corrected chi connectivity index (χ3v) is 4.87. The third kappa shape index (κ3) is 3.46. The normalized spacial score (nSPS) is 10.5. The molecule has 0 unspecified atom stereocenters. The molecule has 3 N–H and O–H groups in total. The van der Waals surface area contributed by atoms with Gasteiger partial charge in [-0.1, -0.05) is 11.6 Å². The molecule has 0 aliphatic rings. The number of amides is 1. The second-order valence-electron chi connectivity index (χ2n) is 3.75. The van der Waals surface area contributed by atoms with Crippen LogP contribution < -0.4 is 11.1 Å². The molecular formula is C12H9BrClFN2OS. The van der Waals surface area contributed by atoms with Gasteiger partial charge in [-0.15, -0.1) is 11.3 Å². The zero-order chi connectivity index (χ0) is 14.0. The number of halogens is 3. The summed E-state index contributed by atoms with van der Waals surface area (Å²) in [7, 11) is 0. The topological polar surface area (TPSA) is 55.1 Å². The molecule has 19 heavy (non-hydrogen) atoms. The van der Waals surface area contributed by atoms with Gasteiger partial charge in [0.25, 0.3) is 5.91 Å². The molecule has 3 nitrogen and oxygen atoms in total. The third-order valence-electron chi connectivity index (χ3n) is 2.39. The van der Waals surface area contributed by atoms with Crippen molar-refractivity contribution in [3.8, 4) is 0 Å². The molecule has 0 aliphatic heterocycles. The predicted molar refractivity (Wildman–Crippen MR) is 79.3 cm³/mol. The van der Waals surface area contributed by atoms with Crippen molar-refractivity contribution < 1.29 is 9.18 Å². The Kier molecular flexibility index (Phi) is 4.44. The highest BCUT2D eigenvalue weighted by Crippen LogP contribution is 2.32. The molecule has 0 saturated carbocycles. The van der Waals surface area contributed by atoms with Crippen LogP contribution in [-0.2, 0) is 6.54 Å². The Morgan fingerprint density at radius 3 is 2.79 bits per heavy atom. The molecule has 0 aliphatic carbocycles. The summed E-state index contributed by atoms with van der Waals surface area (Å²) < 4.78 is 14.8. The number of carbonyl (C=O) groups excluding carboxylic acids is 1. The molecule has 0 saturated heterocycles. The van der Waals surface area contributed by atoms with E-state index >= 15 is 0 Å². The zero-order valence-corrected chi connectivity index (χ0v) is 12.7. The average Bonchev–Trinajstić information content (AvgIpc) is 2.67. The van der Waals surface area contributed by atoms with Gasteiger partial charge in [0.05, 0.1) is 5.56 Å². The minimum atomic E-state index is -0.789. The first-order valence-electron chi connectivity index (χ1n) is 5.24. The molecule has 2 aromatic rings. The number of rotatable bonds is 4. The van der Waals surface area contributed by atoms with Gasteiger partial charge in [-0.25, -0.2) is 4.39 Å². The maximum atomic E-state index is 13.3. The molecule has 0 atom stereocenters. The number of benzene rings is 1. The van der Waals surface area contributed by atoms with Crippen LogP contribution in [-0.4, -0.2) is 5.91 Å². The van der Waals surface area contributed by atoms with Crippen LogP contribution in [0, 0.1) is 5.82 Å². The van der Waals surface area contributed by atoms with Crippen LogP contribution in [0.5, 0.6) is 0 Å². The van der Waals surface area contributed by atoms with Crippen molar-refractivity contribution in [3.05, 3.63) is 49.3 Å². The van der Waals surface area contributed by atoms with Gasteiger partial charge in [0.15, 0.2) is 0 Å². The first-order chi connectivity index (χ1) is 8.97. The van der Waals surface area contributed by atoms with Crippen LogP contribution in [0.4, 0.5) is 10.1 Å². The van der Waals surface area contributed by atoms with Crippen molar-refractivity contribution in [1.29, 1.82) is 0 Å². The first-order valence-corrected chi connectivity index (χ1v) is 7.23. The highest BCUT2D eigenvalue weighted by Gasteiger charge is 2.09. The summed E-state index contributed by atoms with van der Waals surface area (Å²) in [6.07, 6.45) is 0. The van der Waals surface area contributed by atoms with Crippen molar-refractivity contribution >= 4 is 50.5 Å². The first kappa shape index (κ1) is 14.3. The van der Waals surface area contributed by atoms with Crippen LogP contribution in [0.1, 0.15) is 15.2 Å². The van der Waals surface area contributed by atoms with Crippen molar-refractivity contribution in [1.82, 2.24) is 0 Å². The minimum Gasteiger partial charge on any atom is -0.380 e. The molecule has 0 bridgehead atoms. The number of primary amides is 1. The van der Waals surface area contributed by atoms with Crippen molar-refractivity contribution in [2.45, 2.75) is 6.54 Å². The molecule has 0 radical (unpaired) electrons. The maximum Gasteiger partial charge on any atom is 0.251 e. The fourth-order valence-corrected chi connectivity index (χ4v) is 3.22. The second kappa shape index (κ2) is 5.90. The number of hydrogen-bond acceptors (Lipinski definition) is 3. The number of thiophene rings is 1. The SMILES string of the molecule is NC(=O)c1cc(NCc2cc(Br)c(Cl)s2)ccc1F. The van der Waals surface area contributed by atoms with Crippen LogP contribution in [0.15, 0.2) is 28.7 Å². The Hall–Kier alpha value is -1.11. The molecule has 7 heteroatoms. The van der Waals surface area contributed by atoms with Gasteiger partial charge in [0.2, 0.25) is 0 Å². The Balaban J connectivity index is 2.11. The molecule has 2 rings (SSSR count). The lowest BCUT2D eigenvalue weighted by molar-refractivity contribution is 0.0996. The summed E-state index contributed by atoms with van der Waals surface area (Å²) in [4.78, 5) is 12.0. The number of carbonyl (C=O) groups is 1. The summed E-state index contributed by atoms with van der Waals surface area (Å²) >= 11 is 10.7. The lowest BCUT2D eigenvalue weighted by Gasteiger charge is -2.06. The van der Waals surface area contributed by atoms with Gasteiger partial charge < -0.3 is 11.1 Å². The van der Waals surface area contributed by atoms with E-state index in [1.165, 1.54) is 23.5 Å². The summed E-state index contributed by atoms with van der Waals surface area (Å²) in [5, 5.41) is 3.08.